The predicted octanol–water partition coefficient (Wildman–Crippen LogP) is 1.32. The van der Waals surface area contributed by atoms with Crippen molar-refractivity contribution >= 4 is 17.6 Å². The number of benzene rings is 1. The molecule has 0 saturated heterocycles. The molecule has 0 aliphatic carbocycles. The average Bonchev–Trinajstić information content (AvgIpc) is 2.79. The van der Waals surface area contributed by atoms with Gasteiger partial charge in [0.05, 0.1) is 11.9 Å². The van der Waals surface area contributed by atoms with Crippen LogP contribution in [0.5, 0.6) is 0 Å². The molecule has 10 nitrogen and oxygen atoms in total. The van der Waals surface area contributed by atoms with E-state index >= 15 is 0 Å². The smallest absolute Gasteiger partial charge is 0.250 e. The predicted molar refractivity (Wildman–Crippen MR) is 124 cm³/mol. The van der Waals surface area contributed by atoms with Crippen LogP contribution in [0, 0.1) is 10.8 Å². The minimum atomic E-state index is -0.391. The summed E-state index contributed by atoms with van der Waals surface area (Å²) in [5.74, 6) is -0.585. The van der Waals surface area contributed by atoms with Crippen molar-refractivity contribution in [3.8, 4) is 11.3 Å². The van der Waals surface area contributed by atoms with Gasteiger partial charge in [-0.1, -0.05) is 12.1 Å². The Morgan fingerprint density at radius 3 is 2.59 bits per heavy atom. The molecule has 3 aromatic rings. The summed E-state index contributed by atoms with van der Waals surface area (Å²) >= 11 is 0. The van der Waals surface area contributed by atoms with Crippen molar-refractivity contribution in [3.63, 3.8) is 0 Å². The Balaban J connectivity index is 1.81. The van der Waals surface area contributed by atoms with Gasteiger partial charge < -0.3 is 26.1 Å². The maximum absolute atomic E-state index is 12.0. The lowest BCUT2D eigenvalue weighted by atomic mass is 10.1. The first-order valence-corrected chi connectivity index (χ1v) is 10.1. The zero-order valence-electron chi connectivity index (χ0n) is 17.8. The van der Waals surface area contributed by atoms with Gasteiger partial charge in [0.2, 0.25) is 11.8 Å². The van der Waals surface area contributed by atoms with E-state index in [1.807, 2.05) is 19.2 Å². The molecular weight excluding hydrogens is 408 g/mol. The van der Waals surface area contributed by atoms with Gasteiger partial charge in [0.25, 0.3) is 5.56 Å². The molecule has 3 rings (SSSR count). The second-order valence-electron chi connectivity index (χ2n) is 7.07. The molecule has 0 atom stereocenters. The van der Waals surface area contributed by atoms with Gasteiger partial charge in [0, 0.05) is 36.5 Å². The minimum absolute atomic E-state index is 0.00683. The molecule has 0 radical (unpaired) electrons. The van der Waals surface area contributed by atoms with Gasteiger partial charge in [-0.2, -0.15) is 0 Å². The molecule has 0 unspecified atom stereocenters. The summed E-state index contributed by atoms with van der Waals surface area (Å²) in [6.07, 6.45) is 3.80. The first-order valence-electron chi connectivity index (χ1n) is 10.1. The van der Waals surface area contributed by atoms with Crippen LogP contribution in [0.15, 0.2) is 53.6 Å². The maximum Gasteiger partial charge on any atom is 0.250 e. The van der Waals surface area contributed by atoms with Crippen molar-refractivity contribution in [2.24, 2.45) is 5.73 Å². The molecule has 32 heavy (non-hydrogen) atoms. The first kappa shape index (κ1) is 22.8. The molecule has 1 aromatic carbocycles. The first-order chi connectivity index (χ1) is 15.4. The standard InChI is InChI=1S/C22H26N8O2/c1-27-11-14-3-5-15(6-4-14)21(25)32-22(26)19-20(24)28-12-17(29-19)16-7-8-18(31)30(13-16)10-2-9-23/h3-8,12-13,25-27H,2,9-11,23H2,1H3,(H2,24,28). The molecule has 0 saturated carbocycles. The number of aromatic nitrogens is 3. The van der Waals surface area contributed by atoms with Crippen LogP contribution in [0.3, 0.4) is 0 Å². The number of nitrogen functional groups attached to an aromatic ring is 1. The molecule has 0 spiro atoms. The average molecular weight is 435 g/mol. The van der Waals surface area contributed by atoms with Crippen LogP contribution >= 0.6 is 0 Å². The number of nitrogens with two attached hydrogens (primary N) is 2. The minimum Gasteiger partial charge on any atom is -0.419 e. The molecule has 2 aromatic heterocycles. The fourth-order valence-electron chi connectivity index (χ4n) is 3.01. The highest BCUT2D eigenvalue weighted by Crippen LogP contribution is 2.18. The number of nitrogens with zero attached hydrogens (tertiary/aromatic N) is 3. The number of hydrogen-bond donors (Lipinski definition) is 5. The highest BCUT2D eigenvalue weighted by atomic mass is 16.5. The molecule has 0 bridgehead atoms. The zero-order valence-corrected chi connectivity index (χ0v) is 17.8. The highest BCUT2D eigenvalue weighted by molar-refractivity contribution is 6.05. The van der Waals surface area contributed by atoms with Crippen molar-refractivity contribution in [2.75, 3.05) is 19.3 Å². The maximum atomic E-state index is 12.0. The largest absolute Gasteiger partial charge is 0.419 e. The van der Waals surface area contributed by atoms with Crippen molar-refractivity contribution in [1.82, 2.24) is 19.9 Å². The van der Waals surface area contributed by atoms with Gasteiger partial charge in [-0.3, -0.25) is 15.6 Å². The SMILES string of the molecule is CNCc1ccc(C(=N)OC(=N)c2nc(-c3ccc(=O)n(CCCN)c3)cnc2N)cc1. The number of hydrogen-bond acceptors (Lipinski definition) is 9. The van der Waals surface area contributed by atoms with Gasteiger partial charge in [-0.15, -0.1) is 0 Å². The number of pyridine rings is 1. The van der Waals surface area contributed by atoms with Crippen molar-refractivity contribution in [1.29, 1.82) is 10.8 Å². The van der Waals surface area contributed by atoms with Crippen LogP contribution in [-0.2, 0) is 17.8 Å². The summed E-state index contributed by atoms with van der Waals surface area (Å²) in [4.78, 5) is 20.5. The van der Waals surface area contributed by atoms with E-state index in [1.54, 1.807) is 29.0 Å². The van der Waals surface area contributed by atoms with Crippen molar-refractivity contribution in [3.05, 3.63) is 76.0 Å². The number of ether oxygens (including phenoxy) is 1. The molecular formula is C22H26N8O2. The summed E-state index contributed by atoms with van der Waals surface area (Å²) in [7, 11) is 1.86. The Kier molecular flexibility index (Phi) is 7.42. The summed E-state index contributed by atoms with van der Waals surface area (Å²) in [5.41, 5.74) is 14.0. The third kappa shape index (κ3) is 5.42. The van der Waals surface area contributed by atoms with E-state index in [0.717, 1.165) is 5.56 Å². The fourth-order valence-corrected chi connectivity index (χ4v) is 3.01. The van der Waals surface area contributed by atoms with Crippen LogP contribution in [0.4, 0.5) is 5.82 Å². The Bertz CT molecular complexity index is 1170. The van der Waals surface area contributed by atoms with Crippen LogP contribution < -0.4 is 22.3 Å². The van der Waals surface area contributed by atoms with Gasteiger partial charge in [-0.25, -0.2) is 9.97 Å². The molecule has 0 amide bonds. The number of rotatable bonds is 8. The second kappa shape index (κ2) is 10.4. The van der Waals surface area contributed by atoms with E-state index in [2.05, 4.69) is 15.3 Å². The van der Waals surface area contributed by atoms with E-state index in [4.69, 9.17) is 27.0 Å². The van der Waals surface area contributed by atoms with Crippen LogP contribution in [0.2, 0.25) is 0 Å². The summed E-state index contributed by atoms with van der Waals surface area (Å²) in [6.45, 7) is 1.67. The van der Waals surface area contributed by atoms with E-state index in [-0.39, 0.29) is 23.0 Å². The molecule has 2 heterocycles. The van der Waals surface area contributed by atoms with Crippen LogP contribution in [0.25, 0.3) is 11.3 Å². The molecule has 0 aliphatic heterocycles. The van der Waals surface area contributed by atoms with Gasteiger partial charge >= 0.3 is 0 Å². The number of aryl methyl sites for hydroxylation is 1. The van der Waals surface area contributed by atoms with Crippen LogP contribution in [-0.4, -0.2) is 39.9 Å². The second-order valence-corrected chi connectivity index (χ2v) is 7.07. The number of anilines is 1. The lowest BCUT2D eigenvalue weighted by Crippen LogP contribution is -2.20. The topological polar surface area (TPSA) is 169 Å². The molecule has 0 aliphatic rings. The fraction of sp³-hybridized carbons (Fsp3) is 0.227. The van der Waals surface area contributed by atoms with E-state index in [0.29, 0.717) is 42.9 Å². The molecule has 10 heteroatoms. The molecule has 7 N–H and O–H groups in total. The van der Waals surface area contributed by atoms with Gasteiger partial charge in [0.1, 0.15) is 0 Å². The monoisotopic (exact) mass is 434 g/mol. The Hall–Kier alpha value is -3.89. The van der Waals surface area contributed by atoms with E-state index < -0.39 is 5.90 Å². The quantitative estimate of drug-likeness (QED) is 0.263. The van der Waals surface area contributed by atoms with Crippen molar-refractivity contribution < 1.29 is 4.74 Å². The van der Waals surface area contributed by atoms with Gasteiger partial charge in [0.15, 0.2) is 11.5 Å². The lowest BCUT2D eigenvalue weighted by Gasteiger charge is -2.12. The van der Waals surface area contributed by atoms with E-state index in [1.165, 1.54) is 12.3 Å². The third-order valence-electron chi connectivity index (χ3n) is 4.70. The third-order valence-corrected chi connectivity index (χ3v) is 4.70. The van der Waals surface area contributed by atoms with Crippen LogP contribution in [0.1, 0.15) is 23.2 Å². The zero-order chi connectivity index (χ0) is 23.1. The Morgan fingerprint density at radius 1 is 1.16 bits per heavy atom. The summed E-state index contributed by atoms with van der Waals surface area (Å²) < 4.78 is 6.94. The summed E-state index contributed by atoms with van der Waals surface area (Å²) in [6, 6.07) is 10.3. The molecule has 166 valence electrons. The highest BCUT2D eigenvalue weighted by Gasteiger charge is 2.16. The number of nitrogens with one attached hydrogen (secondary N) is 3. The normalized spacial score (nSPS) is 10.7. The summed E-state index contributed by atoms with van der Waals surface area (Å²) in [5, 5.41) is 19.5. The van der Waals surface area contributed by atoms with Crippen molar-refractivity contribution in [2.45, 2.75) is 19.5 Å². The Labute approximate surface area is 185 Å². The van der Waals surface area contributed by atoms with E-state index in [9.17, 15) is 4.79 Å². The molecule has 0 fully saturated rings. The van der Waals surface area contributed by atoms with Gasteiger partial charge in [-0.05, 0) is 43.8 Å². The lowest BCUT2D eigenvalue weighted by molar-refractivity contribution is 0.536. The Morgan fingerprint density at radius 2 is 1.91 bits per heavy atom.